The Kier molecular flexibility index (Phi) is 4.10. The zero-order valence-electron chi connectivity index (χ0n) is 10.3. The third kappa shape index (κ3) is 2.77. The van der Waals surface area contributed by atoms with Gasteiger partial charge in [-0.15, -0.1) is 6.58 Å². The molecule has 1 aliphatic carbocycles. The van der Waals surface area contributed by atoms with Crippen LogP contribution in [0.4, 0.5) is 13.2 Å². The average molecular weight is 254 g/mol. The van der Waals surface area contributed by atoms with Crippen LogP contribution in [0.1, 0.15) is 43.6 Å². The molecule has 3 heteroatoms. The van der Waals surface area contributed by atoms with E-state index in [0.29, 0.717) is 11.5 Å². The summed E-state index contributed by atoms with van der Waals surface area (Å²) < 4.78 is 39.2. The van der Waals surface area contributed by atoms with Gasteiger partial charge < -0.3 is 0 Å². The van der Waals surface area contributed by atoms with Gasteiger partial charge in [0.1, 0.15) is 0 Å². The fourth-order valence-corrected chi connectivity index (χ4v) is 2.78. The van der Waals surface area contributed by atoms with E-state index in [-0.39, 0.29) is 5.92 Å². The summed E-state index contributed by atoms with van der Waals surface area (Å²) in [5.41, 5.74) is 0.587. The van der Waals surface area contributed by atoms with E-state index < -0.39 is 17.5 Å². The monoisotopic (exact) mass is 254 g/mol. The zero-order chi connectivity index (χ0) is 13.1. The van der Waals surface area contributed by atoms with Crippen LogP contribution in [-0.4, -0.2) is 0 Å². The highest BCUT2D eigenvalue weighted by atomic mass is 19.2. The van der Waals surface area contributed by atoms with Gasteiger partial charge in [-0.25, -0.2) is 13.2 Å². The van der Waals surface area contributed by atoms with Crippen molar-refractivity contribution in [1.82, 2.24) is 0 Å². The molecule has 0 atom stereocenters. The van der Waals surface area contributed by atoms with Crippen molar-refractivity contribution in [1.29, 1.82) is 0 Å². The smallest absolute Gasteiger partial charge is 0.194 e. The summed E-state index contributed by atoms with van der Waals surface area (Å²) in [4.78, 5) is 0. The molecular formula is C15H17F3. The Bertz CT molecular complexity index is 408. The molecule has 1 aromatic carbocycles. The topological polar surface area (TPSA) is 0 Å². The second-order valence-electron chi connectivity index (χ2n) is 5.04. The van der Waals surface area contributed by atoms with Crippen LogP contribution in [-0.2, 0) is 0 Å². The lowest BCUT2D eigenvalue weighted by Gasteiger charge is -2.28. The van der Waals surface area contributed by atoms with E-state index in [1.807, 2.05) is 6.08 Å². The van der Waals surface area contributed by atoms with Gasteiger partial charge in [0.15, 0.2) is 17.5 Å². The molecule has 1 aromatic rings. The van der Waals surface area contributed by atoms with E-state index in [4.69, 9.17) is 0 Å². The van der Waals surface area contributed by atoms with Gasteiger partial charge in [-0.3, -0.25) is 0 Å². The largest absolute Gasteiger partial charge is 0.204 e. The summed E-state index contributed by atoms with van der Waals surface area (Å²) in [6, 6.07) is 2.27. The number of hydrogen-bond acceptors (Lipinski definition) is 0. The fraction of sp³-hybridized carbons (Fsp3) is 0.467. The number of hydrogen-bond donors (Lipinski definition) is 0. The first-order chi connectivity index (χ1) is 8.61. The van der Waals surface area contributed by atoms with Crippen molar-refractivity contribution in [3.8, 4) is 0 Å². The number of halogens is 3. The van der Waals surface area contributed by atoms with E-state index in [9.17, 15) is 13.2 Å². The molecule has 0 N–H and O–H groups in total. The second-order valence-corrected chi connectivity index (χ2v) is 5.04. The van der Waals surface area contributed by atoms with Crippen LogP contribution in [0.25, 0.3) is 0 Å². The van der Waals surface area contributed by atoms with E-state index in [1.54, 1.807) is 0 Å². The third-order valence-electron chi connectivity index (χ3n) is 3.82. The van der Waals surface area contributed by atoms with Gasteiger partial charge in [-0.1, -0.05) is 6.08 Å². The standard InChI is InChI=1S/C15H17F3/c1-2-3-10-4-6-11(7-5-10)12-8-13(16)15(18)14(17)9-12/h2,8-11H,1,3-7H2. The molecule has 1 saturated carbocycles. The van der Waals surface area contributed by atoms with Crippen LogP contribution in [0.3, 0.4) is 0 Å². The normalized spacial score (nSPS) is 23.9. The van der Waals surface area contributed by atoms with Crippen LogP contribution in [0.5, 0.6) is 0 Å². The molecule has 0 aromatic heterocycles. The van der Waals surface area contributed by atoms with Gasteiger partial charge in [0.25, 0.3) is 0 Å². The van der Waals surface area contributed by atoms with Crippen molar-refractivity contribution in [3.05, 3.63) is 47.8 Å². The Morgan fingerprint density at radius 1 is 1.06 bits per heavy atom. The molecule has 0 unspecified atom stereocenters. The van der Waals surface area contributed by atoms with E-state index >= 15 is 0 Å². The molecule has 0 bridgehead atoms. The average Bonchev–Trinajstić information content (AvgIpc) is 2.37. The van der Waals surface area contributed by atoms with Gasteiger partial charge in [0.05, 0.1) is 0 Å². The van der Waals surface area contributed by atoms with Crippen LogP contribution < -0.4 is 0 Å². The van der Waals surface area contributed by atoms with Crippen molar-refractivity contribution < 1.29 is 13.2 Å². The maximum absolute atomic E-state index is 13.2. The molecule has 1 fully saturated rings. The van der Waals surface area contributed by atoms with Crippen LogP contribution in [0.15, 0.2) is 24.8 Å². The Morgan fingerprint density at radius 2 is 1.61 bits per heavy atom. The number of rotatable bonds is 3. The van der Waals surface area contributed by atoms with Crippen molar-refractivity contribution in [2.45, 2.75) is 38.0 Å². The molecule has 98 valence electrons. The zero-order valence-corrected chi connectivity index (χ0v) is 10.3. The van der Waals surface area contributed by atoms with Crippen LogP contribution >= 0.6 is 0 Å². The second kappa shape index (κ2) is 5.59. The van der Waals surface area contributed by atoms with Gasteiger partial charge in [0.2, 0.25) is 0 Å². The molecule has 0 aliphatic heterocycles. The predicted molar refractivity (Wildman–Crippen MR) is 65.8 cm³/mol. The maximum atomic E-state index is 13.2. The number of allylic oxidation sites excluding steroid dienone is 1. The summed E-state index contributed by atoms with van der Waals surface area (Å²) in [6.07, 6.45) is 6.81. The molecular weight excluding hydrogens is 237 g/mol. The first-order valence-electron chi connectivity index (χ1n) is 6.37. The Hall–Kier alpha value is -1.25. The molecule has 0 spiro atoms. The quantitative estimate of drug-likeness (QED) is 0.528. The Morgan fingerprint density at radius 3 is 2.11 bits per heavy atom. The Labute approximate surface area is 106 Å². The molecule has 1 aliphatic rings. The lowest BCUT2D eigenvalue weighted by Crippen LogP contribution is -2.13. The first kappa shape index (κ1) is 13.2. The third-order valence-corrected chi connectivity index (χ3v) is 3.82. The molecule has 0 radical (unpaired) electrons. The highest BCUT2D eigenvalue weighted by Gasteiger charge is 2.23. The fourth-order valence-electron chi connectivity index (χ4n) is 2.78. The SMILES string of the molecule is C=CCC1CCC(c2cc(F)c(F)c(F)c2)CC1. The van der Waals surface area contributed by atoms with Gasteiger partial charge >= 0.3 is 0 Å². The lowest BCUT2D eigenvalue weighted by molar-refractivity contribution is 0.326. The molecule has 18 heavy (non-hydrogen) atoms. The highest BCUT2D eigenvalue weighted by molar-refractivity contribution is 5.23. The van der Waals surface area contributed by atoms with E-state index in [1.165, 1.54) is 0 Å². The number of benzene rings is 1. The van der Waals surface area contributed by atoms with Gasteiger partial charge in [0, 0.05) is 0 Å². The van der Waals surface area contributed by atoms with E-state index in [0.717, 1.165) is 44.2 Å². The van der Waals surface area contributed by atoms with Crippen molar-refractivity contribution >= 4 is 0 Å². The summed E-state index contributed by atoms with van der Waals surface area (Å²) in [7, 11) is 0. The lowest BCUT2D eigenvalue weighted by atomic mass is 9.77. The molecule has 2 rings (SSSR count). The summed E-state index contributed by atoms with van der Waals surface area (Å²) in [6.45, 7) is 3.72. The molecule has 0 heterocycles. The maximum Gasteiger partial charge on any atom is 0.194 e. The van der Waals surface area contributed by atoms with Crippen molar-refractivity contribution in [3.63, 3.8) is 0 Å². The van der Waals surface area contributed by atoms with Crippen molar-refractivity contribution in [2.75, 3.05) is 0 Å². The Balaban J connectivity index is 2.08. The molecule has 0 saturated heterocycles. The van der Waals surface area contributed by atoms with Gasteiger partial charge in [-0.2, -0.15) is 0 Å². The predicted octanol–water partition coefficient (Wildman–Crippen LogP) is 4.95. The first-order valence-corrected chi connectivity index (χ1v) is 6.37. The molecule has 0 nitrogen and oxygen atoms in total. The van der Waals surface area contributed by atoms with E-state index in [2.05, 4.69) is 6.58 Å². The van der Waals surface area contributed by atoms with Crippen LogP contribution in [0, 0.1) is 23.4 Å². The molecule has 0 amide bonds. The minimum atomic E-state index is -1.38. The van der Waals surface area contributed by atoms with Crippen molar-refractivity contribution in [2.24, 2.45) is 5.92 Å². The minimum absolute atomic E-state index is 0.149. The summed E-state index contributed by atoms with van der Waals surface area (Å²) >= 11 is 0. The highest BCUT2D eigenvalue weighted by Crippen LogP contribution is 2.37. The van der Waals surface area contributed by atoms with Gasteiger partial charge in [-0.05, 0) is 61.6 Å². The van der Waals surface area contributed by atoms with Crippen LogP contribution in [0.2, 0.25) is 0 Å². The minimum Gasteiger partial charge on any atom is -0.204 e. The summed E-state index contributed by atoms with van der Waals surface area (Å²) in [5, 5.41) is 0. The summed E-state index contributed by atoms with van der Waals surface area (Å²) in [5.74, 6) is -2.76.